The SMILES string of the molecule is CCOC(=O)N1CCCC(COc2cncc(Cl)c2)C1. The van der Waals surface area contributed by atoms with Gasteiger partial charge in [-0.05, 0) is 19.8 Å². The number of amides is 1. The van der Waals surface area contributed by atoms with E-state index in [1.54, 1.807) is 23.4 Å². The summed E-state index contributed by atoms with van der Waals surface area (Å²) in [5, 5.41) is 0.555. The Labute approximate surface area is 123 Å². The van der Waals surface area contributed by atoms with Crippen LogP contribution in [-0.4, -0.2) is 42.3 Å². The number of halogens is 1. The minimum absolute atomic E-state index is 0.235. The molecule has 0 spiro atoms. The first-order valence-corrected chi connectivity index (χ1v) is 7.22. The van der Waals surface area contributed by atoms with Crippen LogP contribution in [0.1, 0.15) is 19.8 Å². The van der Waals surface area contributed by atoms with Gasteiger partial charge in [0.05, 0.1) is 24.4 Å². The topological polar surface area (TPSA) is 51.7 Å². The molecule has 1 saturated heterocycles. The molecule has 0 radical (unpaired) electrons. The highest BCUT2D eigenvalue weighted by Gasteiger charge is 2.24. The molecule has 1 fully saturated rings. The Bertz CT molecular complexity index is 456. The standard InChI is InChI=1S/C14H19ClN2O3/c1-2-19-14(18)17-5-3-4-11(9-17)10-20-13-6-12(15)7-16-8-13/h6-8,11H,2-5,9-10H2,1H3. The Morgan fingerprint density at radius 2 is 2.40 bits per heavy atom. The van der Waals surface area contributed by atoms with E-state index in [-0.39, 0.29) is 6.09 Å². The zero-order valence-corrected chi connectivity index (χ0v) is 12.3. The molecule has 6 heteroatoms. The summed E-state index contributed by atoms with van der Waals surface area (Å²) >= 11 is 5.85. The number of likely N-dealkylation sites (tertiary alicyclic amines) is 1. The van der Waals surface area contributed by atoms with Gasteiger partial charge < -0.3 is 14.4 Å². The maximum absolute atomic E-state index is 11.7. The van der Waals surface area contributed by atoms with E-state index >= 15 is 0 Å². The average Bonchev–Trinajstić information content (AvgIpc) is 2.46. The number of piperidine rings is 1. The number of hydrogen-bond donors (Lipinski definition) is 0. The van der Waals surface area contributed by atoms with Crippen molar-refractivity contribution < 1.29 is 14.3 Å². The van der Waals surface area contributed by atoms with Gasteiger partial charge >= 0.3 is 6.09 Å². The second-order valence-electron chi connectivity index (χ2n) is 4.80. The summed E-state index contributed by atoms with van der Waals surface area (Å²) in [6, 6.07) is 1.74. The molecule has 1 amide bonds. The van der Waals surface area contributed by atoms with Gasteiger partial charge in [0.2, 0.25) is 0 Å². The maximum atomic E-state index is 11.7. The van der Waals surface area contributed by atoms with Crippen molar-refractivity contribution in [1.82, 2.24) is 9.88 Å². The van der Waals surface area contributed by atoms with Crippen LogP contribution < -0.4 is 4.74 Å². The van der Waals surface area contributed by atoms with E-state index in [1.807, 2.05) is 6.92 Å². The second-order valence-corrected chi connectivity index (χ2v) is 5.24. The van der Waals surface area contributed by atoms with Gasteiger partial charge in [-0.25, -0.2) is 4.79 Å². The summed E-state index contributed by atoms with van der Waals surface area (Å²) in [6.07, 6.45) is 4.99. The minimum Gasteiger partial charge on any atom is -0.492 e. The summed E-state index contributed by atoms with van der Waals surface area (Å²) in [5.41, 5.74) is 0. The van der Waals surface area contributed by atoms with Gasteiger partial charge in [-0.2, -0.15) is 0 Å². The molecule has 0 aromatic carbocycles. The van der Waals surface area contributed by atoms with Crippen LogP contribution in [0.2, 0.25) is 5.02 Å². The zero-order valence-electron chi connectivity index (χ0n) is 11.5. The Hall–Kier alpha value is -1.49. The van der Waals surface area contributed by atoms with Crippen LogP contribution in [0.3, 0.4) is 0 Å². The van der Waals surface area contributed by atoms with Crippen LogP contribution in [0.5, 0.6) is 5.75 Å². The number of hydrogen-bond acceptors (Lipinski definition) is 4. The highest BCUT2D eigenvalue weighted by molar-refractivity contribution is 6.30. The lowest BCUT2D eigenvalue weighted by Gasteiger charge is -2.31. The largest absolute Gasteiger partial charge is 0.492 e. The third-order valence-electron chi connectivity index (χ3n) is 3.21. The van der Waals surface area contributed by atoms with Crippen LogP contribution in [0.4, 0.5) is 4.79 Å². The lowest BCUT2D eigenvalue weighted by atomic mass is 9.99. The number of ether oxygens (including phenoxy) is 2. The highest BCUT2D eigenvalue weighted by Crippen LogP contribution is 2.20. The molecule has 0 aliphatic carbocycles. The minimum atomic E-state index is -0.235. The molecule has 1 aliphatic rings. The predicted molar refractivity (Wildman–Crippen MR) is 76.1 cm³/mol. The molecule has 2 heterocycles. The smallest absolute Gasteiger partial charge is 0.409 e. The Kier molecular flexibility index (Phi) is 5.47. The molecule has 1 aromatic heterocycles. The molecular weight excluding hydrogens is 280 g/mol. The van der Waals surface area contributed by atoms with Crippen molar-refractivity contribution in [1.29, 1.82) is 0 Å². The molecule has 20 heavy (non-hydrogen) atoms. The van der Waals surface area contributed by atoms with Gasteiger partial charge in [0.25, 0.3) is 0 Å². The number of carbonyl (C=O) groups excluding carboxylic acids is 1. The molecule has 2 rings (SSSR count). The number of pyridine rings is 1. The maximum Gasteiger partial charge on any atom is 0.409 e. The number of aromatic nitrogens is 1. The number of carbonyl (C=O) groups is 1. The monoisotopic (exact) mass is 298 g/mol. The van der Waals surface area contributed by atoms with Gasteiger partial charge in [0.1, 0.15) is 5.75 Å². The second kappa shape index (κ2) is 7.33. The molecule has 0 N–H and O–H groups in total. The molecule has 0 bridgehead atoms. The van der Waals surface area contributed by atoms with Crippen LogP contribution in [0, 0.1) is 5.92 Å². The molecule has 1 unspecified atom stereocenters. The van der Waals surface area contributed by atoms with Crippen LogP contribution in [0.25, 0.3) is 0 Å². The number of nitrogens with zero attached hydrogens (tertiary/aromatic N) is 2. The van der Waals surface area contributed by atoms with E-state index in [1.165, 1.54) is 0 Å². The first-order chi connectivity index (χ1) is 9.69. The quantitative estimate of drug-likeness (QED) is 0.857. The summed E-state index contributed by atoms with van der Waals surface area (Å²) in [4.78, 5) is 17.4. The van der Waals surface area contributed by atoms with E-state index in [0.717, 1.165) is 19.4 Å². The van der Waals surface area contributed by atoms with Crippen molar-refractivity contribution in [2.24, 2.45) is 5.92 Å². The molecular formula is C14H19ClN2O3. The van der Waals surface area contributed by atoms with Crippen molar-refractivity contribution >= 4 is 17.7 Å². The third kappa shape index (κ3) is 4.27. The average molecular weight is 299 g/mol. The van der Waals surface area contributed by atoms with Crippen molar-refractivity contribution in [2.75, 3.05) is 26.3 Å². The van der Waals surface area contributed by atoms with Gasteiger partial charge in [-0.15, -0.1) is 0 Å². The van der Waals surface area contributed by atoms with Crippen molar-refractivity contribution in [3.8, 4) is 5.75 Å². The van der Waals surface area contributed by atoms with E-state index in [4.69, 9.17) is 21.1 Å². The summed E-state index contributed by atoms with van der Waals surface area (Å²) in [6.45, 7) is 4.21. The van der Waals surface area contributed by atoms with Gasteiger partial charge in [0.15, 0.2) is 0 Å². The molecule has 110 valence electrons. The number of rotatable bonds is 4. The molecule has 1 aromatic rings. The van der Waals surface area contributed by atoms with Gasteiger partial charge in [-0.1, -0.05) is 11.6 Å². The molecule has 0 saturated carbocycles. The van der Waals surface area contributed by atoms with Crippen LogP contribution in [0.15, 0.2) is 18.5 Å². The Morgan fingerprint density at radius 1 is 1.55 bits per heavy atom. The first kappa shape index (κ1) is 14.9. The fourth-order valence-electron chi connectivity index (χ4n) is 2.27. The van der Waals surface area contributed by atoms with Crippen molar-refractivity contribution in [3.05, 3.63) is 23.5 Å². The fraction of sp³-hybridized carbons (Fsp3) is 0.571. The lowest BCUT2D eigenvalue weighted by Crippen LogP contribution is -2.41. The highest BCUT2D eigenvalue weighted by atomic mass is 35.5. The molecule has 5 nitrogen and oxygen atoms in total. The zero-order chi connectivity index (χ0) is 14.4. The van der Waals surface area contributed by atoms with E-state index in [9.17, 15) is 4.79 Å². The van der Waals surface area contributed by atoms with Crippen molar-refractivity contribution in [3.63, 3.8) is 0 Å². The van der Waals surface area contributed by atoms with Gasteiger partial charge in [-0.3, -0.25) is 4.98 Å². The van der Waals surface area contributed by atoms with Crippen molar-refractivity contribution in [2.45, 2.75) is 19.8 Å². The fourth-order valence-corrected chi connectivity index (χ4v) is 2.43. The third-order valence-corrected chi connectivity index (χ3v) is 3.42. The van der Waals surface area contributed by atoms with E-state index in [0.29, 0.717) is 36.4 Å². The predicted octanol–water partition coefficient (Wildman–Crippen LogP) is 2.98. The summed E-state index contributed by atoms with van der Waals surface area (Å²) < 4.78 is 10.7. The summed E-state index contributed by atoms with van der Waals surface area (Å²) in [5.74, 6) is 0.970. The molecule has 1 atom stereocenters. The first-order valence-electron chi connectivity index (χ1n) is 6.84. The Balaban J connectivity index is 1.82. The normalized spacial score (nSPS) is 18.7. The van der Waals surface area contributed by atoms with E-state index < -0.39 is 0 Å². The lowest BCUT2D eigenvalue weighted by molar-refractivity contribution is 0.0789. The van der Waals surface area contributed by atoms with Gasteiger partial charge in [0, 0.05) is 31.3 Å². The summed E-state index contributed by atoms with van der Waals surface area (Å²) in [7, 11) is 0. The Morgan fingerprint density at radius 3 is 3.15 bits per heavy atom. The molecule has 1 aliphatic heterocycles. The van der Waals surface area contributed by atoms with Crippen LogP contribution >= 0.6 is 11.6 Å². The van der Waals surface area contributed by atoms with E-state index in [2.05, 4.69) is 4.98 Å². The van der Waals surface area contributed by atoms with Crippen LogP contribution in [-0.2, 0) is 4.74 Å².